The van der Waals surface area contributed by atoms with Crippen molar-refractivity contribution in [1.29, 1.82) is 0 Å². The van der Waals surface area contributed by atoms with Crippen molar-refractivity contribution in [2.45, 2.75) is 55.0 Å². The summed E-state index contributed by atoms with van der Waals surface area (Å²) in [4.78, 5) is 4.61. The summed E-state index contributed by atoms with van der Waals surface area (Å²) in [5, 5.41) is 0. The van der Waals surface area contributed by atoms with E-state index in [0.717, 1.165) is 62.3 Å². The second-order valence-electron chi connectivity index (χ2n) is 8.20. The molecule has 1 saturated heterocycles. The molecule has 0 saturated carbocycles. The number of likely N-dealkylation sites (tertiary alicyclic amines) is 1. The summed E-state index contributed by atoms with van der Waals surface area (Å²) in [7, 11) is -3.97. The van der Waals surface area contributed by atoms with Crippen LogP contribution in [0, 0.1) is 11.6 Å². The summed E-state index contributed by atoms with van der Waals surface area (Å²) in [5.74, 6) is -1.80. The number of halogens is 3. The molecule has 0 amide bonds. The van der Waals surface area contributed by atoms with Crippen LogP contribution in [0.5, 0.6) is 0 Å². The standard InChI is InChI=1S/C22H26F2N2O2S.ClH/c1-15(2)25-8-6-19(7-9-25)26-10-5-16-11-20(3-4-22(16)26)29(27,28)21-13-17(23)12-18(24)14-21;/h3-4,11-15,19H,5-10H2,1-2H3;1H. The molecule has 2 aromatic rings. The van der Waals surface area contributed by atoms with E-state index < -0.39 is 21.5 Å². The van der Waals surface area contributed by atoms with Gasteiger partial charge in [-0.3, -0.25) is 0 Å². The number of benzene rings is 2. The fraction of sp³-hybridized carbons (Fsp3) is 0.455. The molecule has 2 aliphatic heterocycles. The van der Waals surface area contributed by atoms with Crippen molar-refractivity contribution in [3.8, 4) is 0 Å². The van der Waals surface area contributed by atoms with Crippen LogP contribution in [-0.2, 0) is 16.3 Å². The minimum Gasteiger partial charge on any atom is -0.368 e. The Morgan fingerprint density at radius 1 is 0.933 bits per heavy atom. The summed E-state index contributed by atoms with van der Waals surface area (Å²) in [6.45, 7) is 7.47. The first kappa shape index (κ1) is 23.0. The smallest absolute Gasteiger partial charge is 0.206 e. The highest BCUT2D eigenvalue weighted by molar-refractivity contribution is 7.91. The molecule has 2 aliphatic rings. The molecule has 0 unspecified atom stereocenters. The number of piperidine rings is 1. The third-order valence-corrected chi connectivity index (χ3v) is 7.84. The van der Waals surface area contributed by atoms with E-state index in [1.54, 1.807) is 12.1 Å². The molecule has 2 heterocycles. The van der Waals surface area contributed by atoms with Gasteiger partial charge in [-0.05, 0) is 69.0 Å². The maximum atomic E-state index is 13.5. The number of hydrogen-bond acceptors (Lipinski definition) is 4. The van der Waals surface area contributed by atoms with Crippen molar-refractivity contribution in [2.24, 2.45) is 0 Å². The molecule has 164 valence electrons. The Morgan fingerprint density at radius 3 is 2.17 bits per heavy atom. The zero-order valence-electron chi connectivity index (χ0n) is 17.1. The van der Waals surface area contributed by atoms with Crippen molar-refractivity contribution in [3.63, 3.8) is 0 Å². The molecule has 2 aromatic carbocycles. The third kappa shape index (κ3) is 4.34. The number of anilines is 1. The van der Waals surface area contributed by atoms with Gasteiger partial charge in [-0.2, -0.15) is 0 Å². The van der Waals surface area contributed by atoms with E-state index >= 15 is 0 Å². The predicted molar refractivity (Wildman–Crippen MR) is 116 cm³/mol. The van der Waals surface area contributed by atoms with Crippen molar-refractivity contribution < 1.29 is 17.2 Å². The van der Waals surface area contributed by atoms with Crippen LogP contribution in [0.1, 0.15) is 32.3 Å². The minimum absolute atomic E-state index is 0. The summed E-state index contributed by atoms with van der Waals surface area (Å²) in [6.07, 6.45) is 2.97. The zero-order valence-corrected chi connectivity index (χ0v) is 18.8. The molecule has 4 rings (SSSR count). The Labute approximate surface area is 183 Å². The number of fused-ring (bicyclic) bond motifs is 1. The van der Waals surface area contributed by atoms with Gasteiger partial charge in [-0.15, -0.1) is 12.4 Å². The maximum absolute atomic E-state index is 13.5. The molecule has 0 atom stereocenters. The van der Waals surface area contributed by atoms with E-state index in [1.807, 2.05) is 6.07 Å². The van der Waals surface area contributed by atoms with E-state index in [1.165, 1.54) is 0 Å². The Bertz CT molecular complexity index is 1000. The number of hydrogen-bond donors (Lipinski definition) is 0. The van der Waals surface area contributed by atoms with Crippen molar-refractivity contribution >= 4 is 27.9 Å². The molecular formula is C22H27ClF2N2O2S. The fourth-order valence-corrected chi connectivity index (χ4v) is 5.84. The van der Waals surface area contributed by atoms with E-state index in [9.17, 15) is 17.2 Å². The summed E-state index contributed by atoms with van der Waals surface area (Å²) >= 11 is 0. The summed E-state index contributed by atoms with van der Waals surface area (Å²) < 4.78 is 52.8. The quantitative estimate of drug-likeness (QED) is 0.681. The van der Waals surface area contributed by atoms with E-state index in [0.29, 0.717) is 18.2 Å². The predicted octanol–water partition coefficient (Wildman–Crippen LogP) is 4.45. The van der Waals surface area contributed by atoms with Crippen LogP contribution in [0.3, 0.4) is 0 Å². The van der Waals surface area contributed by atoms with Gasteiger partial charge in [-0.25, -0.2) is 17.2 Å². The molecule has 0 aromatic heterocycles. The Balaban J connectivity index is 0.00000256. The van der Waals surface area contributed by atoms with Crippen LogP contribution in [0.4, 0.5) is 14.5 Å². The van der Waals surface area contributed by atoms with Gasteiger partial charge < -0.3 is 9.80 Å². The van der Waals surface area contributed by atoms with Crippen LogP contribution in [0.15, 0.2) is 46.2 Å². The molecule has 0 N–H and O–H groups in total. The first-order valence-corrected chi connectivity index (χ1v) is 11.6. The van der Waals surface area contributed by atoms with E-state index in [-0.39, 0.29) is 22.2 Å². The lowest BCUT2D eigenvalue weighted by molar-refractivity contribution is 0.170. The SMILES string of the molecule is CC(C)N1CCC(N2CCc3cc(S(=O)(=O)c4cc(F)cc(F)c4)ccc32)CC1.Cl. The minimum atomic E-state index is -3.97. The van der Waals surface area contributed by atoms with Crippen molar-refractivity contribution in [2.75, 3.05) is 24.5 Å². The molecule has 1 fully saturated rings. The van der Waals surface area contributed by atoms with Gasteiger partial charge >= 0.3 is 0 Å². The Kier molecular flexibility index (Phi) is 6.75. The first-order chi connectivity index (χ1) is 13.8. The second kappa shape index (κ2) is 8.81. The molecule has 0 aliphatic carbocycles. The first-order valence-electron chi connectivity index (χ1n) is 10.1. The van der Waals surface area contributed by atoms with Crippen molar-refractivity contribution in [1.82, 2.24) is 4.90 Å². The monoisotopic (exact) mass is 456 g/mol. The molecule has 30 heavy (non-hydrogen) atoms. The number of sulfone groups is 1. The van der Waals surface area contributed by atoms with E-state index in [2.05, 4.69) is 23.6 Å². The molecular weight excluding hydrogens is 430 g/mol. The van der Waals surface area contributed by atoms with Gasteiger partial charge in [0.25, 0.3) is 0 Å². The fourth-order valence-electron chi connectivity index (χ4n) is 4.48. The van der Waals surface area contributed by atoms with Crippen LogP contribution in [0.2, 0.25) is 0 Å². The molecule has 8 heteroatoms. The molecule has 0 bridgehead atoms. The normalized spacial score (nSPS) is 17.8. The largest absolute Gasteiger partial charge is 0.368 e. The van der Waals surface area contributed by atoms with Gasteiger partial charge in [0, 0.05) is 43.5 Å². The van der Waals surface area contributed by atoms with Gasteiger partial charge in [0.05, 0.1) is 9.79 Å². The highest BCUT2D eigenvalue weighted by Crippen LogP contribution is 2.35. The van der Waals surface area contributed by atoms with Gasteiger partial charge in [0.1, 0.15) is 11.6 Å². The number of rotatable bonds is 4. The lowest BCUT2D eigenvalue weighted by Gasteiger charge is -2.39. The zero-order chi connectivity index (χ0) is 20.8. The number of nitrogens with zero attached hydrogens (tertiary/aromatic N) is 2. The van der Waals surface area contributed by atoms with Crippen LogP contribution in [0.25, 0.3) is 0 Å². The average Bonchev–Trinajstić information content (AvgIpc) is 3.10. The Morgan fingerprint density at radius 2 is 1.57 bits per heavy atom. The van der Waals surface area contributed by atoms with Crippen LogP contribution in [-0.4, -0.2) is 45.0 Å². The highest BCUT2D eigenvalue weighted by Gasteiger charge is 2.31. The molecule has 0 radical (unpaired) electrons. The maximum Gasteiger partial charge on any atom is 0.206 e. The van der Waals surface area contributed by atoms with E-state index in [4.69, 9.17) is 0 Å². The highest BCUT2D eigenvalue weighted by atomic mass is 35.5. The lowest BCUT2D eigenvalue weighted by Crippen LogP contribution is -2.46. The van der Waals surface area contributed by atoms with Crippen LogP contribution >= 0.6 is 12.4 Å². The molecule has 0 spiro atoms. The van der Waals surface area contributed by atoms with Gasteiger partial charge in [0.2, 0.25) is 9.84 Å². The van der Waals surface area contributed by atoms with Crippen molar-refractivity contribution in [3.05, 3.63) is 53.6 Å². The van der Waals surface area contributed by atoms with Crippen LogP contribution < -0.4 is 4.90 Å². The molecule has 4 nitrogen and oxygen atoms in total. The topological polar surface area (TPSA) is 40.6 Å². The third-order valence-electron chi connectivity index (χ3n) is 6.11. The average molecular weight is 457 g/mol. The summed E-state index contributed by atoms with van der Waals surface area (Å²) in [5.41, 5.74) is 2.06. The summed E-state index contributed by atoms with van der Waals surface area (Å²) in [6, 6.07) is 8.48. The lowest BCUT2D eigenvalue weighted by atomic mass is 10.0. The van der Waals surface area contributed by atoms with Gasteiger partial charge in [-0.1, -0.05) is 0 Å². The van der Waals surface area contributed by atoms with Gasteiger partial charge in [0.15, 0.2) is 0 Å². The Hall–Kier alpha value is -1.70. The second-order valence-corrected chi connectivity index (χ2v) is 10.2.